The molecule has 2 rings (SSSR count). The lowest BCUT2D eigenvalue weighted by atomic mass is 10.2. The van der Waals surface area contributed by atoms with Crippen molar-refractivity contribution in [2.75, 3.05) is 5.01 Å². The van der Waals surface area contributed by atoms with Gasteiger partial charge in [-0.25, -0.2) is 15.8 Å². The summed E-state index contributed by atoms with van der Waals surface area (Å²) in [7, 11) is 0. The molecule has 1 aromatic heterocycles. The van der Waals surface area contributed by atoms with E-state index in [2.05, 4.69) is 9.97 Å². The van der Waals surface area contributed by atoms with E-state index in [1.807, 2.05) is 49.4 Å². The van der Waals surface area contributed by atoms with E-state index in [1.165, 1.54) is 11.3 Å². The summed E-state index contributed by atoms with van der Waals surface area (Å²) in [4.78, 5) is 8.14. The molecule has 18 heavy (non-hydrogen) atoms. The lowest BCUT2D eigenvalue weighted by molar-refractivity contribution is 1.01. The van der Waals surface area contributed by atoms with Crippen LogP contribution in [0, 0.1) is 0 Å². The third-order valence-corrected chi connectivity index (χ3v) is 2.71. The van der Waals surface area contributed by atoms with E-state index < -0.39 is 0 Å². The Morgan fingerprint density at radius 2 is 1.94 bits per heavy atom. The summed E-state index contributed by atoms with van der Waals surface area (Å²) in [5.41, 5.74) is 1.53. The lowest BCUT2D eigenvalue weighted by Gasteiger charge is -2.19. The SMILES string of the molecule is C/C=C\c1c(Cl)ncnc1N(N)c1ccccc1. The number of nitrogens with two attached hydrogens (primary N) is 1. The highest BCUT2D eigenvalue weighted by molar-refractivity contribution is 6.31. The quantitative estimate of drug-likeness (QED) is 0.523. The molecule has 0 aliphatic heterocycles. The smallest absolute Gasteiger partial charge is 0.159 e. The van der Waals surface area contributed by atoms with Gasteiger partial charge in [0.2, 0.25) is 0 Å². The van der Waals surface area contributed by atoms with Gasteiger partial charge in [0, 0.05) is 0 Å². The van der Waals surface area contributed by atoms with Crippen molar-refractivity contribution in [3.05, 3.63) is 53.5 Å². The van der Waals surface area contributed by atoms with Gasteiger partial charge in [-0.1, -0.05) is 42.0 Å². The molecule has 2 N–H and O–H groups in total. The first kappa shape index (κ1) is 12.5. The minimum atomic E-state index is 0.379. The molecule has 0 fully saturated rings. The molecule has 0 unspecified atom stereocenters. The fourth-order valence-electron chi connectivity index (χ4n) is 1.58. The number of allylic oxidation sites excluding steroid dienone is 1. The molecule has 0 spiro atoms. The second kappa shape index (κ2) is 5.62. The molecule has 1 heterocycles. The molecule has 4 nitrogen and oxygen atoms in total. The van der Waals surface area contributed by atoms with Gasteiger partial charge in [-0.2, -0.15) is 0 Å². The number of para-hydroxylation sites is 1. The summed E-state index contributed by atoms with van der Waals surface area (Å²) < 4.78 is 0. The van der Waals surface area contributed by atoms with E-state index in [9.17, 15) is 0 Å². The molecule has 2 aromatic rings. The minimum absolute atomic E-state index is 0.379. The van der Waals surface area contributed by atoms with Crippen molar-refractivity contribution in [1.82, 2.24) is 9.97 Å². The highest BCUT2D eigenvalue weighted by atomic mass is 35.5. The lowest BCUT2D eigenvalue weighted by Crippen LogP contribution is -2.26. The Morgan fingerprint density at radius 1 is 1.22 bits per heavy atom. The van der Waals surface area contributed by atoms with Crippen molar-refractivity contribution < 1.29 is 0 Å². The molecule has 0 atom stereocenters. The normalized spacial score (nSPS) is 10.8. The fraction of sp³-hybridized carbons (Fsp3) is 0.0769. The van der Waals surface area contributed by atoms with E-state index in [0.29, 0.717) is 16.5 Å². The highest BCUT2D eigenvalue weighted by Crippen LogP contribution is 2.27. The minimum Gasteiger partial charge on any atom is -0.262 e. The molecule has 0 radical (unpaired) electrons. The van der Waals surface area contributed by atoms with Crippen LogP contribution in [-0.4, -0.2) is 9.97 Å². The Bertz CT molecular complexity index is 554. The van der Waals surface area contributed by atoms with E-state index in [4.69, 9.17) is 17.4 Å². The van der Waals surface area contributed by atoms with Crippen LogP contribution in [0.15, 0.2) is 42.7 Å². The van der Waals surface area contributed by atoms with Crippen LogP contribution in [0.1, 0.15) is 12.5 Å². The van der Waals surface area contributed by atoms with Gasteiger partial charge in [0.05, 0.1) is 11.3 Å². The van der Waals surface area contributed by atoms with Gasteiger partial charge in [-0.3, -0.25) is 5.01 Å². The predicted molar refractivity (Wildman–Crippen MR) is 74.5 cm³/mol. The van der Waals surface area contributed by atoms with Crippen LogP contribution in [0.5, 0.6) is 0 Å². The van der Waals surface area contributed by atoms with Crippen molar-refractivity contribution in [3.63, 3.8) is 0 Å². The molecule has 5 heteroatoms. The maximum Gasteiger partial charge on any atom is 0.159 e. The summed E-state index contributed by atoms with van der Waals surface area (Å²) in [6.45, 7) is 1.90. The first-order valence-electron chi connectivity index (χ1n) is 5.47. The third-order valence-electron chi connectivity index (χ3n) is 2.41. The number of rotatable bonds is 3. The van der Waals surface area contributed by atoms with Gasteiger partial charge in [0.15, 0.2) is 5.82 Å². The van der Waals surface area contributed by atoms with Gasteiger partial charge < -0.3 is 0 Å². The summed E-state index contributed by atoms with van der Waals surface area (Å²) in [5, 5.41) is 1.87. The molecular formula is C13H13ClN4. The highest BCUT2D eigenvalue weighted by Gasteiger charge is 2.13. The fourth-order valence-corrected chi connectivity index (χ4v) is 1.77. The zero-order valence-electron chi connectivity index (χ0n) is 9.92. The molecule has 0 aliphatic rings. The Balaban J connectivity index is 2.48. The average Bonchev–Trinajstić information content (AvgIpc) is 2.41. The second-order valence-electron chi connectivity index (χ2n) is 3.61. The van der Waals surface area contributed by atoms with Gasteiger partial charge in [-0.15, -0.1) is 0 Å². The predicted octanol–water partition coefficient (Wildman–Crippen LogP) is 3.17. The summed E-state index contributed by atoms with van der Waals surface area (Å²) >= 11 is 6.06. The number of nitrogens with zero attached hydrogens (tertiary/aromatic N) is 3. The van der Waals surface area contributed by atoms with Crippen LogP contribution in [0.3, 0.4) is 0 Å². The summed E-state index contributed by atoms with van der Waals surface area (Å²) in [5.74, 6) is 6.64. The molecule has 0 amide bonds. The summed E-state index contributed by atoms with van der Waals surface area (Å²) in [6, 6.07) is 9.54. The number of halogens is 1. The van der Waals surface area contributed by atoms with E-state index in [1.54, 1.807) is 0 Å². The third kappa shape index (κ3) is 2.50. The van der Waals surface area contributed by atoms with Crippen LogP contribution >= 0.6 is 11.6 Å². The maximum atomic E-state index is 6.07. The molecule has 0 saturated carbocycles. The van der Waals surface area contributed by atoms with Gasteiger partial charge in [0.1, 0.15) is 11.5 Å². The zero-order valence-corrected chi connectivity index (χ0v) is 10.7. The van der Waals surface area contributed by atoms with Crippen LogP contribution in [-0.2, 0) is 0 Å². The number of hydrazine groups is 1. The largest absolute Gasteiger partial charge is 0.262 e. The van der Waals surface area contributed by atoms with Crippen molar-refractivity contribution in [2.24, 2.45) is 5.84 Å². The van der Waals surface area contributed by atoms with E-state index >= 15 is 0 Å². The molecule has 92 valence electrons. The summed E-state index contributed by atoms with van der Waals surface area (Å²) in [6.07, 6.45) is 5.10. The number of hydrogen-bond acceptors (Lipinski definition) is 4. The van der Waals surface area contributed by atoms with Gasteiger partial charge >= 0.3 is 0 Å². The number of anilines is 2. The second-order valence-corrected chi connectivity index (χ2v) is 3.97. The van der Waals surface area contributed by atoms with E-state index in [0.717, 1.165) is 5.69 Å². The van der Waals surface area contributed by atoms with Crippen LogP contribution in [0.25, 0.3) is 6.08 Å². The van der Waals surface area contributed by atoms with Crippen molar-refractivity contribution in [2.45, 2.75) is 6.92 Å². The molecule has 0 saturated heterocycles. The molecule has 1 aromatic carbocycles. The standard InChI is InChI=1S/C13H13ClN4/c1-2-6-11-12(14)16-9-17-13(11)18(15)10-7-4-3-5-8-10/h2-9H,15H2,1H3/b6-2-. The number of aromatic nitrogens is 2. The van der Waals surface area contributed by atoms with Gasteiger partial charge in [-0.05, 0) is 19.1 Å². The monoisotopic (exact) mass is 260 g/mol. The van der Waals surface area contributed by atoms with Crippen molar-refractivity contribution in [1.29, 1.82) is 0 Å². The van der Waals surface area contributed by atoms with Gasteiger partial charge in [0.25, 0.3) is 0 Å². The Kier molecular flexibility index (Phi) is 3.92. The topological polar surface area (TPSA) is 55.0 Å². The molecular weight excluding hydrogens is 248 g/mol. The Morgan fingerprint density at radius 3 is 2.61 bits per heavy atom. The Hall–Kier alpha value is -1.91. The van der Waals surface area contributed by atoms with Crippen molar-refractivity contribution in [3.8, 4) is 0 Å². The average molecular weight is 261 g/mol. The van der Waals surface area contributed by atoms with Crippen LogP contribution in [0.4, 0.5) is 11.5 Å². The van der Waals surface area contributed by atoms with E-state index in [-0.39, 0.29) is 0 Å². The van der Waals surface area contributed by atoms with Crippen LogP contribution < -0.4 is 10.9 Å². The first-order chi connectivity index (χ1) is 8.74. The van der Waals surface area contributed by atoms with Crippen molar-refractivity contribution >= 4 is 29.2 Å². The first-order valence-corrected chi connectivity index (χ1v) is 5.85. The number of benzene rings is 1. The Labute approximate surface area is 111 Å². The maximum absolute atomic E-state index is 6.07. The number of hydrogen-bond donors (Lipinski definition) is 1. The molecule has 0 bridgehead atoms. The van der Waals surface area contributed by atoms with Crippen LogP contribution in [0.2, 0.25) is 5.15 Å². The molecule has 0 aliphatic carbocycles. The zero-order chi connectivity index (χ0) is 13.0.